The Kier molecular flexibility index (Phi) is 3.92. The zero-order valence-corrected chi connectivity index (χ0v) is 13.7. The molecule has 0 aliphatic heterocycles. The molecule has 1 heterocycles. The predicted octanol–water partition coefficient (Wildman–Crippen LogP) is 2.25. The molecule has 124 valence electrons. The van der Waals surface area contributed by atoms with Crippen molar-refractivity contribution >= 4 is 11.6 Å². The Morgan fingerprint density at radius 2 is 1.79 bits per heavy atom. The number of carbonyl (C=O) groups is 1. The van der Waals surface area contributed by atoms with E-state index < -0.39 is 0 Å². The van der Waals surface area contributed by atoms with Crippen LogP contribution in [0.1, 0.15) is 41.6 Å². The van der Waals surface area contributed by atoms with Crippen molar-refractivity contribution in [1.29, 1.82) is 0 Å². The van der Waals surface area contributed by atoms with Crippen LogP contribution in [-0.2, 0) is 37.0 Å². The Morgan fingerprint density at radius 3 is 2.71 bits per heavy atom. The molecule has 0 fully saturated rings. The summed E-state index contributed by atoms with van der Waals surface area (Å²) in [6.07, 6.45) is 7.39. The number of hydrogen-bond acceptors (Lipinski definition) is 3. The van der Waals surface area contributed by atoms with Gasteiger partial charge in [0.2, 0.25) is 5.91 Å². The van der Waals surface area contributed by atoms with E-state index in [4.69, 9.17) is 0 Å². The number of aryl methyl sites for hydroxylation is 4. The summed E-state index contributed by atoms with van der Waals surface area (Å²) in [4.78, 5) is 24.4. The minimum atomic E-state index is -0.210. The Hall–Kier alpha value is -2.43. The first-order chi connectivity index (χ1) is 11.7. The summed E-state index contributed by atoms with van der Waals surface area (Å²) in [7, 11) is 0. The fraction of sp³-hybridized carbons (Fsp3) is 0.421. The maximum absolute atomic E-state index is 12.3. The molecule has 2 aromatic rings. The first-order valence-electron chi connectivity index (χ1n) is 8.70. The Bertz CT molecular complexity index is 854. The molecule has 0 radical (unpaired) electrons. The van der Waals surface area contributed by atoms with Crippen molar-refractivity contribution in [2.24, 2.45) is 0 Å². The molecule has 1 aromatic heterocycles. The molecule has 5 heteroatoms. The number of benzene rings is 1. The van der Waals surface area contributed by atoms with Gasteiger partial charge in [-0.05, 0) is 73.8 Å². The second-order valence-corrected chi connectivity index (χ2v) is 6.70. The fourth-order valence-corrected chi connectivity index (χ4v) is 3.70. The van der Waals surface area contributed by atoms with Gasteiger partial charge in [0.05, 0.1) is 5.69 Å². The lowest BCUT2D eigenvalue weighted by molar-refractivity contribution is -0.117. The van der Waals surface area contributed by atoms with Crippen LogP contribution in [-0.4, -0.2) is 15.7 Å². The molecule has 0 saturated carbocycles. The first-order valence-corrected chi connectivity index (χ1v) is 8.70. The van der Waals surface area contributed by atoms with Gasteiger partial charge in [-0.2, -0.15) is 5.10 Å². The van der Waals surface area contributed by atoms with Crippen LogP contribution in [0, 0.1) is 0 Å². The van der Waals surface area contributed by atoms with E-state index in [1.807, 2.05) is 12.1 Å². The third-order valence-electron chi connectivity index (χ3n) is 4.95. The van der Waals surface area contributed by atoms with E-state index in [2.05, 4.69) is 16.5 Å². The van der Waals surface area contributed by atoms with E-state index in [9.17, 15) is 9.59 Å². The first kappa shape index (κ1) is 15.1. The van der Waals surface area contributed by atoms with Crippen LogP contribution < -0.4 is 10.9 Å². The average molecular weight is 323 g/mol. The predicted molar refractivity (Wildman–Crippen MR) is 92.2 cm³/mol. The van der Waals surface area contributed by atoms with E-state index in [-0.39, 0.29) is 18.0 Å². The van der Waals surface area contributed by atoms with Gasteiger partial charge in [0.25, 0.3) is 5.56 Å². The zero-order chi connectivity index (χ0) is 16.5. The number of rotatable bonds is 3. The van der Waals surface area contributed by atoms with Crippen molar-refractivity contribution in [2.45, 2.75) is 51.5 Å². The van der Waals surface area contributed by atoms with Crippen LogP contribution in [0.2, 0.25) is 0 Å². The van der Waals surface area contributed by atoms with Crippen LogP contribution >= 0.6 is 0 Å². The summed E-state index contributed by atoms with van der Waals surface area (Å²) >= 11 is 0. The number of nitrogens with one attached hydrogen (secondary N) is 1. The van der Waals surface area contributed by atoms with Crippen LogP contribution in [0.4, 0.5) is 5.69 Å². The molecule has 1 amide bonds. The molecular formula is C19H21N3O2. The quantitative estimate of drug-likeness (QED) is 0.942. The number of aromatic nitrogens is 2. The lowest BCUT2D eigenvalue weighted by Crippen LogP contribution is -2.31. The number of amides is 1. The largest absolute Gasteiger partial charge is 0.324 e. The molecular weight excluding hydrogens is 302 g/mol. The third kappa shape index (κ3) is 2.98. The van der Waals surface area contributed by atoms with Gasteiger partial charge < -0.3 is 5.32 Å². The topological polar surface area (TPSA) is 64.0 Å². The minimum Gasteiger partial charge on any atom is -0.324 e. The lowest BCUT2D eigenvalue weighted by atomic mass is 9.97. The van der Waals surface area contributed by atoms with E-state index >= 15 is 0 Å². The average Bonchev–Trinajstić information content (AvgIpc) is 3.03. The van der Waals surface area contributed by atoms with Gasteiger partial charge in [-0.25, -0.2) is 4.68 Å². The summed E-state index contributed by atoms with van der Waals surface area (Å²) in [5.41, 5.74) is 5.30. The minimum absolute atomic E-state index is 0.0385. The highest BCUT2D eigenvalue weighted by Crippen LogP contribution is 2.24. The molecule has 24 heavy (non-hydrogen) atoms. The van der Waals surface area contributed by atoms with Crippen molar-refractivity contribution in [3.8, 4) is 0 Å². The molecule has 2 aliphatic carbocycles. The number of hydrogen-bond donors (Lipinski definition) is 1. The van der Waals surface area contributed by atoms with Crippen molar-refractivity contribution in [3.05, 3.63) is 57.0 Å². The van der Waals surface area contributed by atoms with E-state index in [0.717, 1.165) is 55.5 Å². The molecule has 0 saturated heterocycles. The molecule has 0 atom stereocenters. The summed E-state index contributed by atoms with van der Waals surface area (Å²) in [5, 5.41) is 7.28. The van der Waals surface area contributed by atoms with Crippen LogP contribution in [0.5, 0.6) is 0 Å². The standard InChI is InChI=1S/C19H21N3O2/c23-18(20-16-9-8-13-5-3-6-14(13)10-16)12-22-19(24)11-15-4-1-2-7-17(15)21-22/h8-11H,1-7,12H2,(H,20,23). The van der Waals surface area contributed by atoms with Crippen molar-refractivity contribution in [2.75, 3.05) is 5.32 Å². The van der Waals surface area contributed by atoms with Gasteiger partial charge in [0.1, 0.15) is 6.54 Å². The summed E-state index contributed by atoms with van der Waals surface area (Å²) < 4.78 is 1.28. The number of fused-ring (bicyclic) bond motifs is 2. The summed E-state index contributed by atoms with van der Waals surface area (Å²) in [6, 6.07) is 7.71. The van der Waals surface area contributed by atoms with Crippen LogP contribution in [0.3, 0.4) is 0 Å². The van der Waals surface area contributed by atoms with Gasteiger partial charge >= 0.3 is 0 Å². The maximum Gasteiger partial charge on any atom is 0.267 e. The molecule has 1 N–H and O–H groups in total. The van der Waals surface area contributed by atoms with Gasteiger partial charge in [0.15, 0.2) is 0 Å². The highest BCUT2D eigenvalue weighted by molar-refractivity contribution is 5.90. The number of anilines is 1. The smallest absolute Gasteiger partial charge is 0.267 e. The Morgan fingerprint density at radius 1 is 1.00 bits per heavy atom. The molecule has 1 aromatic carbocycles. The Balaban J connectivity index is 1.49. The summed E-state index contributed by atoms with van der Waals surface area (Å²) in [5.74, 6) is -0.210. The number of nitrogens with zero attached hydrogens (tertiary/aromatic N) is 2. The van der Waals surface area contributed by atoms with Crippen molar-refractivity contribution in [1.82, 2.24) is 9.78 Å². The second kappa shape index (κ2) is 6.23. The molecule has 0 spiro atoms. The SMILES string of the molecule is O=C(Cn1nc2c(cc1=O)CCCC2)Nc1ccc2c(c1)CCC2. The van der Waals surface area contributed by atoms with E-state index in [0.29, 0.717) is 0 Å². The van der Waals surface area contributed by atoms with Gasteiger partial charge in [-0.3, -0.25) is 9.59 Å². The van der Waals surface area contributed by atoms with Crippen molar-refractivity contribution < 1.29 is 4.79 Å². The molecule has 0 bridgehead atoms. The Labute approximate surface area is 140 Å². The van der Waals surface area contributed by atoms with E-state index in [1.165, 1.54) is 22.2 Å². The van der Waals surface area contributed by atoms with Gasteiger partial charge in [-0.15, -0.1) is 0 Å². The number of carbonyl (C=O) groups excluding carboxylic acids is 1. The van der Waals surface area contributed by atoms with Crippen molar-refractivity contribution in [3.63, 3.8) is 0 Å². The van der Waals surface area contributed by atoms with Crippen LogP contribution in [0.25, 0.3) is 0 Å². The third-order valence-corrected chi connectivity index (χ3v) is 4.95. The molecule has 0 unspecified atom stereocenters. The highest BCUT2D eigenvalue weighted by atomic mass is 16.2. The maximum atomic E-state index is 12.3. The highest BCUT2D eigenvalue weighted by Gasteiger charge is 2.15. The normalized spacial score (nSPS) is 15.7. The van der Waals surface area contributed by atoms with Gasteiger partial charge in [-0.1, -0.05) is 6.07 Å². The molecule has 2 aliphatic rings. The second-order valence-electron chi connectivity index (χ2n) is 6.70. The molecule has 4 rings (SSSR count). The van der Waals surface area contributed by atoms with Crippen LogP contribution in [0.15, 0.2) is 29.1 Å². The zero-order valence-electron chi connectivity index (χ0n) is 13.7. The molecule has 5 nitrogen and oxygen atoms in total. The lowest BCUT2D eigenvalue weighted by Gasteiger charge is -2.15. The summed E-state index contributed by atoms with van der Waals surface area (Å²) in [6.45, 7) is -0.0385. The monoisotopic (exact) mass is 323 g/mol. The van der Waals surface area contributed by atoms with E-state index in [1.54, 1.807) is 6.07 Å². The van der Waals surface area contributed by atoms with Gasteiger partial charge in [0, 0.05) is 11.8 Å². The fourth-order valence-electron chi connectivity index (χ4n) is 3.70.